The first kappa shape index (κ1) is 23.5. The van der Waals surface area contributed by atoms with Gasteiger partial charge in [0, 0.05) is 23.0 Å². The molecule has 3 aromatic heterocycles. The number of hydrogen-bond acceptors (Lipinski definition) is 9. The van der Waals surface area contributed by atoms with E-state index in [1.54, 1.807) is 19.4 Å². The van der Waals surface area contributed by atoms with Crippen LogP contribution in [0.4, 0.5) is 5.13 Å². The highest BCUT2D eigenvalue weighted by molar-refractivity contribution is 9.10. The number of carbonyl (C=O) groups is 1. The van der Waals surface area contributed by atoms with Crippen LogP contribution in [0.5, 0.6) is 10.9 Å². The maximum atomic E-state index is 13.1. The fourth-order valence-corrected chi connectivity index (χ4v) is 4.69. The largest absolute Gasteiger partial charge is 0.494 e. The zero-order chi connectivity index (χ0) is 23.6. The third kappa shape index (κ3) is 5.66. The van der Waals surface area contributed by atoms with E-state index >= 15 is 0 Å². The van der Waals surface area contributed by atoms with Crippen molar-refractivity contribution in [1.82, 2.24) is 20.2 Å². The first-order chi connectivity index (χ1) is 15.7. The van der Waals surface area contributed by atoms with Crippen molar-refractivity contribution in [2.75, 3.05) is 12.4 Å². The SMILES string of the molecule is COc1cnc(Br)cc1-c1cc(C)ncc1C(=O)Nc1nnc(OC2CCC(C)(O)CC2)s1. The summed E-state index contributed by atoms with van der Waals surface area (Å²) in [5.74, 6) is 0.166. The van der Waals surface area contributed by atoms with Crippen molar-refractivity contribution in [1.29, 1.82) is 0 Å². The van der Waals surface area contributed by atoms with E-state index in [1.165, 1.54) is 6.20 Å². The predicted octanol–water partition coefficient (Wildman–Crippen LogP) is 4.40. The van der Waals surface area contributed by atoms with Gasteiger partial charge in [0.2, 0.25) is 5.13 Å². The first-order valence-corrected chi connectivity index (χ1v) is 12.1. The number of anilines is 1. The fourth-order valence-electron chi connectivity index (χ4n) is 3.70. The quantitative estimate of drug-likeness (QED) is 0.447. The smallest absolute Gasteiger partial charge is 0.296 e. The number of methoxy groups -OCH3 is 1. The van der Waals surface area contributed by atoms with Crippen LogP contribution in [0, 0.1) is 6.92 Å². The maximum absolute atomic E-state index is 13.1. The van der Waals surface area contributed by atoms with E-state index < -0.39 is 5.60 Å². The number of aryl methyl sites for hydroxylation is 1. The Hall–Kier alpha value is -2.63. The Morgan fingerprint density at radius 3 is 2.70 bits per heavy atom. The zero-order valence-electron chi connectivity index (χ0n) is 18.5. The van der Waals surface area contributed by atoms with Crippen LogP contribution in [0.1, 0.15) is 48.7 Å². The molecule has 174 valence electrons. The van der Waals surface area contributed by atoms with E-state index in [2.05, 4.69) is 41.4 Å². The van der Waals surface area contributed by atoms with Crippen LogP contribution in [0.15, 0.2) is 29.1 Å². The van der Waals surface area contributed by atoms with Gasteiger partial charge in [-0.2, -0.15) is 0 Å². The van der Waals surface area contributed by atoms with Crippen molar-refractivity contribution in [3.05, 3.63) is 40.4 Å². The number of rotatable bonds is 6. The van der Waals surface area contributed by atoms with Crippen molar-refractivity contribution in [2.45, 2.75) is 51.2 Å². The minimum Gasteiger partial charge on any atom is -0.494 e. The highest BCUT2D eigenvalue weighted by Gasteiger charge is 2.30. The predicted molar refractivity (Wildman–Crippen MR) is 128 cm³/mol. The second kappa shape index (κ2) is 9.70. The van der Waals surface area contributed by atoms with Gasteiger partial charge in [-0.3, -0.25) is 15.1 Å². The monoisotopic (exact) mass is 533 g/mol. The molecule has 11 heteroatoms. The summed E-state index contributed by atoms with van der Waals surface area (Å²) >= 11 is 4.54. The lowest BCUT2D eigenvalue weighted by Crippen LogP contribution is -2.34. The second-order valence-electron chi connectivity index (χ2n) is 8.22. The Labute approximate surface area is 203 Å². The third-order valence-electron chi connectivity index (χ3n) is 5.53. The molecule has 0 spiro atoms. The molecule has 0 atom stereocenters. The van der Waals surface area contributed by atoms with Crippen molar-refractivity contribution < 1.29 is 19.4 Å². The van der Waals surface area contributed by atoms with Crippen LogP contribution in [-0.4, -0.2) is 50.0 Å². The summed E-state index contributed by atoms with van der Waals surface area (Å²) in [5.41, 5.74) is 1.87. The number of aliphatic hydroxyl groups is 1. The van der Waals surface area contributed by atoms with Gasteiger partial charge in [-0.25, -0.2) is 4.98 Å². The Kier molecular flexibility index (Phi) is 6.91. The van der Waals surface area contributed by atoms with Crippen LogP contribution in [0.3, 0.4) is 0 Å². The number of ether oxygens (including phenoxy) is 2. The number of carbonyl (C=O) groups excluding carboxylic acids is 1. The number of nitrogens with one attached hydrogen (secondary N) is 1. The highest BCUT2D eigenvalue weighted by atomic mass is 79.9. The Bertz CT molecular complexity index is 1160. The lowest BCUT2D eigenvalue weighted by Gasteiger charge is -2.32. The second-order valence-corrected chi connectivity index (χ2v) is 9.97. The molecule has 0 aromatic carbocycles. The molecule has 1 aliphatic carbocycles. The lowest BCUT2D eigenvalue weighted by atomic mass is 9.85. The molecule has 0 unspecified atom stereocenters. The molecule has 0 saturated heterocycles. The molecule has 1 aliphatic rings. The average Bonchev–Trinajstić information content (AvgIpc) is 3.21. The minimum absolute atomic E-state index is 0.0211. The number of halogens is 1. The van der Waals surface area contributed by atoms with Gasteiger partial charge < -0.3 is 14.6 Å². The summed E-state index contributed by atoms with van der Waals surface area (Å²) in [6.07, 6.45) is 5.95. The van der Waals surface area contributed by atoms with Gasteiger partial charge in [0.1, 0.15) is 16.5 Å². The third-order valence-corrected chi connectivity index (χ3v) is 6.70. The minimum atomic E-state index is -0.632. The van der Waals surface area contributed by atoms with E-state index in [-0.39, 0.29) is 12.0 Å². The molecule has 1 saturated carbocycles. The lowest BCUT2D eigenvalue weighted by molar-refractivity contribution is -0.0110. The van der Waals surface area contributed by atoms with Crippen LogP contribution in [0.25, 0.3) is 11.1 Å². The van der Waals surface area contributed by atoms with Crippen LogP contribution in [0.2, 0.25) is 0 Å². The molecule has 2 N–H and O–H groups in total. The summed E-state index contributed by atoms with van der Waals surface area (Å²) in [5, 5.41) is 21.7. The normalized spacial score (nSPS) is 20.3. The number of pyridine rings is 2. The van der Waals surface area contributed by atoms with Gasteiger partial charge in [0.05, 0.1) is 24.5 Å². The highest BCUT2D eigenvalue weighted by Crippen LogP contribution is 2.35. The molecular weight excluding hydrogens is 510 g/mol. The van der Waals surface area contributed by atoms with Gasteiger partial charge in [0.25, 0.3) is 11.1 Å². The summed E-state index contributed by atoms with van der Waals surface area (Å²) in [6.45, 7) is 3.70. The molecule has 1 fully saturated rings. The number of amides is 1. The average molecular weight is 534 g/mol. The van der Waals surface area contributed by atoms with Crippen LogP contribution in [-0.2, 0) is 0 Å². The topological polar surface area (TPSA) is 119 Å². The van der Waals surface area contributed by atoms with Gasteiger partial charge in [-0.1, -0.05) is 5.10 Å². The summed E-state index contributed by atoms with van der Waals surface area (Å²) < 4.78 is 12.0. The maximum Gasteiger partial charge on any atom is 0.296 e. The molecular formula is C22H24BrN5O4S. The Morgan fingerprint density at radius 2 is 1.97 bits per heavy atom. The van der Waals surface area contributed by atoms with Crippen LogP contribution < -0.4 is 14.8 Å². The van der Waals surface area contributed by atoms with Crippen molar-refractivity contribution in [2.24, 2.45) is 0 Å². The molecule has 0 radical (unpaired) electrons. The van der Waals surface area contributed by atoms with E-state index in [1.807, 2.05) is 19.9 Å². The molecule has 0 aliphatic heterocycles. The molecule has 3 aromatic rings. The van der Waals surface area contributed by atoms with Gasteiger partial charge >= 0.3 is 0 Å². The van der Waals surface area contributed by atoms with Gasteiger partial charge in [-0.15, -0.1) is 5.10 Å². The van der Waals surface area contributed by atoms with Crippen molar-refractivity contribution in [3.63, 3.8) is 0 Å². The molecule has 33 heavy (non-hydrogen) atoms. The zero-order valence-corrected chi connectivity index (χ0v) is 20.9. The van der Waals surface area contributed by atoms with E-state index in [0.717, 1.165) is 29.9 Å². The molecule has 3 heterocycles. The molecule has 0 bridgehead atoms. The number of aromatic nitrogens is 4. The summed E-state index contributed by atoms with van der Waals surface area (Å²) in [7, 11) is 1.55. The fraction of sp³-hybridized carbons (Fsp3) is 0.409. The van der Waals surface area contributed by atoms with E-state index in [4.69, 9.17) is 9.47 Å². The molecule has 9 nitrogen and oxygen atoms in total. The Morgan fingerprint density at radius 1 is 1.21 bits per heavy atom. The summed E-state index contributed by atoms with van der Waals surface area (Å²) in [6, 6.07) is 3.62. The first-order valence-electron chi connectivity index (χ1n) is 10.4. The van der Waals surface area contributed by atoms with Crippen LogP contribution >= 0.6 is 27.3 Å². The van der Waals surface area contributed by atoms with Gasteiger partial charge in [0.15, 0.2) is 0 Å². The number of nitrogens with zero attached hydrogens (tertiary/aromatic N) is 4. The van der Waals surface area contributed by atoms with E-state index in [9.17, 15) is 9.90 Å². The summed E-state index contributed by atoms with van der Waals surface area (Å²) in [4.78, 5) is 21.6. The molecule has 4 rings (SSSR count). The Balaban J connectivity index is 1.52. The van der Waals surface area contributed by atoms with Crippen molar-refractivity contribution in [3.8, 4) is 22.1 Å². The number of hydrogen-bond donors (Lipinski definition) is 2. The van der Waals surface area contributed by atoms with Gasteiger partial charge in [-0.05, 0) is 78.9 Å². The molecule has 1 amide bonds. The van der Waals surface area contributed by atoms with E-state index in [0.29, 0.717) is 50.2 Å². The van der Waals surface area contributed by atoms with Crippen molar-refractivity contribution >= 4 is 38.3 Å². The standard InChI is InChI=1S/C22H24BrN5O4S/c1-12-8-14(15-9-18(23)25-11-17(15)31-3)16(10-24-12)19(29)26-20-27-28-21(33-20)32-13-4-6-22(2,30)7-5-13/h8-11,13,30H,4-7H2,1-3H3,(H,26,27,29).